The maximum absolute atomic E-state index is 12.8. The van der Waals surface area contributed by atoms with Crippen molar-refractivity contribution in [3.63, 3.8) is 0 Å². The number of fused-ring (bicyclic) bond motifs is 1. The van der Waals surface area contributed by atoms with Crippen molar-refractivity contribution in [2.24, 2.45) is 0 Å². The number of hydrogen-bond donors (Lipinski definition) is 2. The molecule has 1 fully saturated rings. The number of halogens is 1. The van der Waals surface area contributed by atoms with Crippen LogP contribution >= 0.6 is 23.4 Å². The molecule has 2 aromatic rings. The number of aliphatic hydroxyl groups excluding tert-OH is 1. The van der Waals surface area contributed by atoms with Crippen LogP contribution < -0.4 is 10.5 Å². The van der Waals surface area contributed by atoms with Crippen molar-refractivity contribution in [2.45, 2.75) is 17.8 Å². The second-order valence-electron chi connectivity index (χ2n) is 6.29. The van der Waals surface area contributed by atoms with Gasteiger partial charge in [-0.3, -0.25) is 9.36 Å². The smallest absolute Gasteiger partial charge is 0.262 e. The highest BCUT2D eigenvalue weighted by atomic mass is 35.5. The van der Waals surface area contributed by atoms with Crippen molar-refractivity contribution in [3.8, 4) is 0 Å². The van der Waals surface area contributed by atoms with Crippen LogP contribution in [0.5, 0.6) is 0 Å². The van der Waals surface area contributed by atoms with Crippen molar-refractivity contribution >= 4 is 34.3 Å². The fourth-order valence-corrected chi connectivity index (χ4v) is 4.11. The minimum absolute atomic E-state index is 0.145. The fraction of sp³-hybridized carbons (Fsp3) is 0.444. The highest BCUT2D eigenvalue weighted by Gasteiger charge is 2.19. The Morgan fingerprint density at radius 3 is 2.96 bits per heavy atom. The molecule has 0 bridgehead atoms. The molecule has 6 nitrogen and oxygen atoms in total. The molecule has 0 radical (unpaired) electrons. The summed E-state index contributed by atoms with van der Waals surface area (Å²) in [4.78, 5) is 18.7. The summed E-state index contributed by atoms with van der Waals surface area (Å²) in [5, 5.41) is 11.9. The van der Waals surface area contributed by atoms with E-state index in [4.69, 9.17) is 16.3 Å². The van der Waals surface area contributed by atoms with Gasteiger partial charge in [-0.15, -0.1) is 6.58 Å². The minimum atomic E-state index is -0.469. The topological polar surface area (TPSA) is 68.8 Å². The summed E-state index contributed by atoms with van der Waals surface area (Å²) in [5.41, 5.74) is 0.462. The fourth-order valence-electron chi connectivity index (χ4n) is 3.00. The number of quaternary nitrogens is 1. The van der Waals surface area contributed by atoms with Gasteiger partial charge < -0.3 is 14.7 Å². The number of nitrogens with one attached hydrogen (secondary N) is 1. The van der Waals surface area contributed by atoms with Crippen molar-refractivity contribution in [1.82, 2.24) is 9.55 Å². The van der Waals surface area contributed by atoms with Crippen molar-refractivity contribution in [3.05, 3.63) is 46.2 Å². The lowest BCUT2D eigenvalue weighted by Crippen LogP contribution is -3.15. The second kappa shape index (κ2) is 9.01. The van der Waals surface area contributed by atoms with E-state index in [0.717, 1.165) is 26.3 Å². The number of rotatable bonds is 7. The first-order valence-corrected chi connectivity index (χ1v) is 9.98. The Balaban J connectivity index is 1.77. The third-order valence-corrected chi connectivity index (χ3v) is 5.68. The number of hydrogen-bond acceptors (Lipinski definition) is 5. The quantitative estimate of drug-likeness (QED) is 0.407. The number of thioether (sulfide) groups is 1. The lowest BCUT2D eigenvalue weighted by molar-refractivity contribution is -0.910. The molecule has 1 atom stereocenters. The van der Waals surface area contributed by atoms with Gasteiger partial charge in [-0.05, 0) is 18.2 Å². The first kappa shape index (κ1) is 19.4. The lowest BCUT2D eigenvalue weighted by Gasteiger charge is -2.25. The third-order valence-electron chi connectivity index (χ3n) is 4.32. The molecule has 0 unspecified atom stereocenters. The number of aliphatic hydroxyl groups is 1. The molecule has 26 heavy (non-hydrogen) atoms. The van der Waals surface area contributed by atoms with Crippen LogP contribution in [0.25, 0.3) is 10.9 Å². The predicted molar refractivity (Wildman–Crippen MR) is 104 cm³/mol. The molecule has 1 aliphatic rings. The van der Waals surface area contributed by atoms with Crippen LogP contribution in [0.4, 0.5) is 0 Å². The maximum atomic E-state index is 12.8. The average molecular weight is 397 g/mol. The zero-order chi connectivity index (χ0) is 18.5. The molecule has 2 heterocycles. The zero-order valence-electron chi connectivity index (χ0n) is 14.5. The summed E-state index contributed by atoms with van der Waals surface area (Å²) in [7, 11) is 0. The van der Waals surface area contributed by atoms with Gasteiger partial charge in [-0.25, -0.2) is 4.98 Å². The van der Waals surface area contributed by atoms with E-state index < -0.39 is 6.10 Å². The number of aromatic nitrogens is 2. The molecule has 8 heteroatoms. The first-order chi connectivity index (χ1) is 12.6. The average Bonchev–Trinajstić information content (AvgIpc) is 2.64. The van der Waals surface area contributed by atoms with Gasteiger partial charge in [-0.2, -0.15) is 0 Å². The number of benzene rings is 1. The Bertz CT molecular complexity index is 836. The highest BCUT2D eigenvalue weighted by molar-refractivity contribution is 7.99. The number of ether oxygens (including phenoxy) is 1. The molecule has 1 aromatic carbocycles. The van der Waals surface area contributed by atoms with E-state index in [1.165, 1.54) is 16.7 Å². The van der Waals surface area contributed by atoms with Crippen LogP contribution in [0.2, 0.25) is 5.02 Å². The molecular formula is C18H23ClN3O3S+. The number of allylic oxidation sites excluding steroid dienone is 1. The molecular weight excluding hydrogens is 374 g/mol. The van der Waals surface area contributed by atoms with Gasteiger partial charge in [-0.1, -0.05) is 29.4 Å². The Labute approximate surface area is 161 Å². The lowest BCUT2D eigenvalue weighted by atomic mass is 10.2. The first-order valence-electron chi connectivity index (χ1n) is 8.61. The summed E-state index contributed by atoms with van der Waals surface area (Å²) in [5.74, 6) is 0.479. The molecule has 0 amide bonds. The van der Waals surface area contributed by atoms with E-state index in [0.29, 0.717) is 39.9 Å². The SMILES string of the molecule is C=CCn1c(SC[C@@H](O)C[NH+]2CCOCC2)nc2ccc(Cl)cc2c1=O. The summed E-state index contributed by atoms with van der Waals surface area (Å²) in [6, 6.07) is 5.10. The molecule has 2 N–H and O–H groups in total. The molecule has 0 spiro atoms. The van der Waals surface area contributed by atoms with Crippen molar-refractivity contribution in [2.75, 3.05) is 38.6 Å². The second-order valence-corrected chi connectivity index (χ2v) is 7.72. The molecule has 1 saturated heterocycles. The van der Waals surface area contributed by atoms with Crippen LogP contribution in [0.1, 0.15) is 0 Å². The van der Waals surface area contributed by atoms with Gasteiger partial charge in [0.2, 0.25) is 0 Å². The van der Waals surface area contributed by atoms with E-state index in [9.17, 15) is 9.90 Å². The normalized spacial score (nSPS) is 16.7. The Morgan fingerprint density at radius 1 is 1.46 bits per heavy atom. The molecule has 0 saturated carbocycles. The molecule has 1 aromatic heterocycles. The summed E-state index contributed by atoms with van der Waals surface area (Å²) >= 11 is 7.40. The largest absolute Gasteiger partial charge is 0.386 e. The molecule has 3 rings (SSSR count). The van der Waals surface area contributed by atoms with Crippen LogP contribution in [0.3, 0.4) is 0 Å². The molecule has 140 valence electrons. The summed E-state index contributed by atoms with van der Waals surface area (Å²) in [6.45, 7) is 8.06. The zero-order valence-corrected chi connectivity index (χ0v) is 16.1. The van der Waals surface area contributed by atoms with E-state index in [1.807, 2.05) is 0 Å². The van der Waals surface area contributed by atoms with Gasteiger partial charge >= 0.3 is 0 Å². The Kier molecular flexibility index (Phi) is 6.72. The number of nitrogens with zero attached hydrogens (tertiary/aromatic N) is 2. The highest BCUT2D eigenvalue weighted by Crippen LogP contribution is 2.20. The predicted octanol–water partition coefficient (Wildman–Crippen LogP) is 0.604. The van der Waals surface area contributed by atoms with Crippen LogP contribution in [-0.2, 0) is 11.3 Å². The van der Waals surface area contributed by atoms with E-state index in [-0.39, 0.29) is 5.56 Å². The molecule has 1 aliphatic heterocycles. The minimum Gasteiger partial charge on any atom is -0.386 e. The summed E-state index contributed by atoms with van der Waals surface area (Å²) < 4.78 is 6.92. The van der Waals surface area contributed by atoms with Gasteiger partial charge in [0.15, 0.2) is 5.16 Å². The van der Waals surface area contributed by atoms with Crippen molar-refractivity contribution < 1.29 is 14.7 Å². The monoisotopic (exact) mass is 396 g/mol. The standard InChI is InChI=1S/C18H22ClN3O3S/c1-2-5-22-17(24)15-10-13(19)3-4-16(15)20-18(22)26-12-14(23)11-21-6-8-25-9-7-21/h2-4,10,14,23H,1,5-9,11-12H2/p+1/t14-/m0/s1. The summed E-state index contributed by atoms with van der Waals surface area (Å²) in [6.07, 6.45) is 1.20. The van der Waals surface area contributed by atoms with Crippen LogP contribution in [0, 0.1) is 0 Å². The Morgan fingerprint density at radius 2 is 2.23 bits per heavy atom. The van der Waals surface area contributed by atoms with Crippen LogP contribution in [0.15, 0.2) is 40.8 Å². The number of morpholine rings is 1. The van der Waals surface area contributed by atoms with Gasteiger partial charge in [0.05, 0.1) is 24.1 Å². The third kappa shape index (κ3) is 4.66. The van der Waals surface area contributed by atoms with Crippen LogP contribution in [-0.4, -0.2) is 59.4 Å². The van der Waals surface area contributed by atoms with E-state index >= 15 is 0 Å². The molecule has 0 aliphatic carbocycles. The maximum Gasteiger partial charge on any atom is 0.262 e. The van der Waals surface area contributed by atoms with Crippen molar-refractivity contribution in [1.29, 1.82) is 0 Å². The van der Waals surface area contributed by atoms with Gasteiger partial charge in [0, 0.05) is 17.3 Å². The van der Waals surface area contributed by atoms with Gasteiger partial charge in [0.1, 0.15) is 25.7 Å². The Hall–Kier alpha value is -1.38. The van der Waals surface area contributed by atoms with E-state index in [1.54, 1.807) is 28.8 Å². The van der Waals surface area contributed by atoms with Gasteiger partial charge in [0.25, 0.3) is 5.56 Å². The van der Waals surface area contributed by atoms with E-state index in [2.05, 4.69) is 11.6 Å².